The van der Waals surface area contributed by atoms with Crippen molar-refractivity contribution in [1.82, 2.24) is 9.88 Å². The van der Waals surface area contributed by atoms with Crippen LogP contribution in [0, 0.1) is 0 Å². The Morgan fingerprint density at radius 3 is 2.59 bits per heavy atom. The molecule has 2 aromatic carbocycles. The van der Waals surface area contributed by atoms with Crippen molar-refractivity contribution in [2.75, 3.05) is 22.8 Å². The monoisotopic (exact) mass is 500 g/mol. The van der Waals surface area contributed by atoms with Gasteiger partial charge in [0.25, 0.3) is 0 Å². The third-order valence-electron chi connectivity index (χ3n) is 5.21. The summed E-state index contributed by atoms with van der Waals surface area (Å²) in [6.07, 6.45) is 1.85. The van der Waals surface area contributed by atoms with Gasteiger partial charge in [-0.05, 0) is 30.5 Å². The van der Waals surface area contributed by atoms with Gasteiger partial charge in [-0.25, -0.2) is 18.2 Å². The van der Waals surface area contributed by atoms with Crippen LogP contribution in [0.25, 0.3) is 11.3 Å². The van der Waals surface area contributed by atoms with E-state index < -0.39 is 22.2 Å². The third kappa shape index (κ3) is 6.12. The average Bonchev–Trinajstić information content (AvgIpc) is 3.48. The quantitative estimate of drug-likeness (QED) is 0.508. The second-order valence-electron chi connectivity index (χ2n) is 7.87. The van der Waals surface area contributed by atoms with E-state index in [4.69, 9.17) is 4.74 Å². The summed E-state index contributed by atoms with van der Waals surface area (Å²) < 4.78 is 30.5. The number of anilines is 2. The first kappa shape index (κ1) is 23.7. The van der Waals surface area contributed by atoms with E-state index in [1.54, 1.807) is 29.6 Å². The predicted molar refractivity (Wildman–Crippen MR) is 131 cm³/mol. The van der Waals surface area contributed by atoms with Gasteiger partial charge in [0.05, 0.1) is 11.9 Å². The molecule has 1 fully saturated rings. The van der Waals surface area contributed by atoms with Gasteiger partial charge in [0.15, 0.2) is 5.13 Å². The number of rotatable bonds is 7. The molecule has 2 amide bonds. The molecule has 2 N–H and O–H groups in total. The van der Waals surface area contributed by atoms with E-state index in [-0.39, 0.29) is 12.5 Å². The number of benzene rings is 2. The summed E-state index contributed by atoms with van der Waals surface area (Å²) in [5.74, 6) is -0.303. The van der Waals surface area contributed by atoms with Crippen LogP contribution in [0.4, 0.5) is 15.6 Å². The van der Waals surface area contributed by atoms with Crippen LogP contribution in [-0.2, 0) is 26.2 Å². The van der Waals surface area contributed by atoms with E-state index in [1.165, 1.54) is 16.2 Å². The zero-order chi connectivity index (χ0) is 24.1. The van der Waals surface area contributed by atoms with Crippen LogP contribution in [0.2, 0.25) is 0 Å². The number of hydrogen-bond acceptors (Lipinski definition) is 7. The molecule has 4 rings (SSSR count). The summed E-state index contributed by atoms with van der Waals surface area (Å²) >= 11 is 1.27. The molecule has 34 heavy (non-hydrogen) atoms. The fraction of sp³-hybridized carbons (Fsp3) is 0.261. The molecule has 1 aromatic heterocycles. The van der Waals surface area contributed by atoms with Crippen molar-refractivity contribution in [2.45, 2.75) is 25.5 Å². The Balaban J connectivity index is 1.35. The fourth-order valence-corrected chi connectivity index (χ4v) is 4.92. The Morgan fingerprint density at radius 2 is 1.88 bits per heavy atom. The van der Waals surface area contributed by atoms with E-state index >= 15 is 0 Å². The lowest BCUT2D eigenvalue weighted by Crippen LogP contribution is -2.43. The maximum Gasteiger partial charge on any atom is 0.410 e. The first-order valence-electron chi connectivity index (χ1n) is 10.6. The molecule has 1 unspecified atom stereocenters. The van der Waals surface area contributed by atoms with Gasteiger partial charge in [0, 0.05) is 23.2 Å². The Bertz CT molecular complexity index is 1260. The molecule has 0 saturated carbocycles. The summed E-state index contributed by atoms with van der Waals surface area (Å²) in [5.41, 5.74) is 2.77. The number of nitrogens with one attached hydrogen (secondary N) is 2. The van der Waals surface area contributed by atoms with Crippen LogP contribution < -0.4 is 10.0 Å². The Hall–Kier alpha value is -3.44. The van der Waals surface area contributed by atoms with Gasteiger partial charge in [-0.3, -0.25) is 14.4 Å². The average molecular weight is 501 g/mol. The molecule has 1 saturated heterocycles. The molecule has 0 spiro atoms. The van der Waals surface area contributed by atoms with Gasteiger partial charge in [-0.15, -0.1) is 11.3 Å². The van der Waals surface area contributed by atoms with Gasteiger partial charge in [0.2, 0.25) is 15.9 Å². The number of amides is 2. The Labute approximate surface area is 201 Å². The second-order valence-corrected chi connectivity index (χ2v) is 10.5. The van der Waals surface area contributed by atoms with Crippen LogP contribution in [0.5, 0.6) is 0 Å². The smallest absolute Gasteiger partial charge is 0.410 e. The second kappa shape index (κ2) is 10.2. The number of thiazole rings is 1. The summed E-state index contributed by atoms with van der Waals surface area (Å²) in [7, 11) is -3.35. The third-order valence-corrected chi connectivity index (χ3v) is 6.58. The predicted octanol–water partition coefficient (Wildman–Crippen LogP) is 3.92. The molecule has 178 valence electrons. The van der Waals surface area contributed by atoms with Crippen molar-refractivity contribution >= 4 is 44.2 Å². The highest BCUT2D eigenvalue weighted by Gasteiger charge is 2.35. The van der Waals surface area contributed by atoms with Gasteiger partial charge in [0.1, 0.15) is 12.6 Å². The number of hydrogen-bond donors (Lipinski definition) is 2. The van der Waals surface area contributed by atoms with Crippen LogP contribution in [-0.4, -0.2) is 49.1 Å². The van der Waals surface area contributed by atoms with Crippen molar-refractivity contribution < 1.29 is 22.7 Å². The number of sulfonamides is 1. The van der Waals surface area contributed by atoms with Gasteiger partial charge < -0.3 is 10.1 Å². The van der Waals surface area contributed by atoms with Gasteiger partial charge in [-0.1, -0.05) is 42.5 Å². The van der Waals surface area contributed by atoms with Gasteiger partial charge >= 0.3 is 6.09 Å². The highest BCUT2D eigenvalue weighted by Crippen LogP contribution is 2.27. The molecule has 1 aliphatic rings. The van der Waals surface area contributed by atoms with E-state index in [1.807, 2.05) is 30.3 Å². The molecule has 2 heterocycles. The summed E-state index contributed by atoms with van der Waals surface area (Å²) in [5, 5.41) is 5.02. The van der Waals surface area contributed by atoms with Crippen molar-refractivity contribution in [3.8, 4) is 11.3 Å². The number of carbonyl (C=O) groups excluding carboxylic acids is 2. The Kier molecular flexibility index (Phi) is 7.13. The number of ether oxygens (including phenoxy) is 1. The lowest BCUT2D eigenvalue weighted by Gasteiger charge is -2.22. The maximum absolute atomic E-state index is 12.9. The first-order chi connectivity index (χ1) is 16.3. The number of carbonyl (C=O) groups is 2. The number of nitrogens with zero attached hydrogens (tertiary/aromatic N) is 2. The minimum atomic E-state index is -3.35. The first-order valence-corrected chi connectivity index (χ1v) is 13.4. The molecule has 1 aliphatic heterocycles. The van der Waals surface area contributed by atoms with E-state index in [9.17, 15) is 18.0 Å². The van der Waals surface area contributed by atoms with Crippen LogP contribution in [0.3, 0.4) is 0 Å². The van der Waals surface area contributed by atoms with E-state index in [2.05, 4.69) is 15.0 Å². The topological polar surface area (TPSA) is 118 Å². The highest BCUT2D eigenvalue weighted by atomic mass is 32.2. The minimum absolute atomic E-state index is 0.152. The van der Waals surface area contributed by atoms with Crippen LogP contribution in [0.1, 0.15) is 18.4 Å². The number of aromatic nitrogens is 1. The highest BCUT2D eigenvalue weighted by molar-refractivity contribution is 7.92. The Morgan fingerprint density at radius 1 is 1.15 bits per heavy atom. The largest absolute Gasteiger partial charge is 0.445 e. The van der Waals surface area contributed by atoms with Crippen molar-refractivity contribution in [1.29, 1.82) is 0 Å². The standard InChI is InChI=1S/C23H24N4O5S2/c1-34(30,31)26-18-11-9-17(10-12-18)19-15-33-22(24-19)25-21(28)20-8-5-13-27(20)23(29)32-14-16-6-3-2-4-7-16/h2-4,6-7,9-12,15,20,26H,5,8,13-14H2,1H3,(H,24,25,28). The minimum Gasteiger partial charge on any atom is -0.445 e. The molecule has 0 bridgehead atoms. The zero-order valence-electron chi connectivity index (χ0n) is 18.4. The van der Waals surface area contributed by atoms with Crippen molar-refractivity contribution in [3.63, 3.8) is 0 Å². The zero-order valence-corrected chi connectivity index (χ0v) is 20.1. The maximum atomic E-state index is 12.9. The molecule has 3 aromatic rings. The molecule has 0 radical (unpaired) electrons. The SMILES string of the molecule is CS(=O)(=O)Nc1ccc(-c2csc(NC(=O)C3CCCN3C(=O)OCc3ccccc3)n2)cc1. The van der Waals surface area contributed by atoms with E-state index in [0.717, 1.165) is 23.8 Å². The summed E-state index contributed by atoms with van der Waals surface area (Å²) in [4.78, 5) is 31.3. The molecule has 1 atom stereocenters. The summed E-state index contributed by atoms with van der Waals surface area (Å²) in [6.45, 7) is 0.613. The normalized spacial score (nSPS) is 15.7. The number of likely N-dealkylation sites (tertiary alicyclic amines) is 1. The van der Waals surface area contributed by atoms with E-state index in [0.29, 0.717) is 29.5 Å². The fourth-order valence-electron chi connectivity index (χ4n) is 3.64. The van der Waals surface area contributed by atoms with Gasteiger partial charge in [-0.2, -0.15) is 0 Å². The lowest BCUT2D eigenvalue weighted by atomic mass is 10.1. The lowest BCUT2D eigenvalue weighted by molar-refractivity contribution is -0.120. The van der Waals surface area contributed by atoms with Crippen LogP contribution in [0.15, 0.2) is 60.0 Å². The molecule has 0 aliphatic carbocycles. The molecule has 11 heteroatoms. The van der Waals surface area contributed by atoms with Crippen molar-refractivity contribution in [2.24, 2.45) is 0 Å². The van der Waals surface area contributed by atoms with Crippen LogP contribution >= 0.6 is 11.3 Å². The summed E-state index contributed by atoms with van der Waals surface area (Å²) in [6, 6.07) is 15.5. The molecule has 9 nitrogen and oxygen atoms in total. The molecular formula is C23H24N4O5S2. The van der Waals surface area contributed by atoms with Crippen molar-refractivity contribution in [3.05, 3.63) is 65.5 Å². The molecular weight excluding hydrogens is 476 g/mol.